The Morgan fingerprint density at radius 3 is 2.85 bits per heavy atom. The number of benzene rings is 1. The maximum atomic E-state index is 5.86. The van der Waals surface area contributed by atoms with Crippen LogP contribution in [0.3, 0.4) is 0 Å². The van der Waals surface area contributed by atoms with Crippen molar-refractivity contribution >= 4 is 28.9 Å². The highest BCUT2D eigenvalue weighted by molar-refractivity contribution is 6.30. The molecule has 0 aliphatic rings. The van der Waals surface area contributed by atoms with Gasteiger partial charge < -0.3 is 5.32 Å². The van der Waals surface area contributed by atoms with Gasteiger partial charge in [0.1, 0.15) is 0 Å². The Hall–Kier alpha value is -0.400. The monoisotopic (exact) mass is 217 g/mol. The molecule has 0 amide bonds. The highest BCUT2D eigenvalue weighted by Crippen LogP contribution is 2.19. The maximum Gasteiger partial charge on any atom is 0.0426 e. The molecule has 13 heavy (non-hydrogen) atoms. The third-order valence-electron chi connectivity index (χ3n) is 1.83. The van der Waals surface area contributed by atoms with Gasteiger partial charge in [-0.1, -0.05) is 17.7 Å². The van der Waals surface area contributed by atoms with E-state index in [2.05, 4.69) is 12.2 Å². The summed E-state index contributed by atoms with van der Waals surface area (Å²) in [5, 5.41) is 4.05. The van der Waals surface area contributed by atoms with Gasteiger partial charge in [-0.25, -0.2) is 0 Å². The third-order valence-corrected chi connectivity index (χ3v) is 2.33. The Morgan fingerprint density at radius 2 is 2.15 bits per heavy atom. The van der Waals surface area contributed by atoms with Gasteiger partial charge in [-0.3, -0.25) is 0 Å². The summed E-state index contributed by atoms with van der Waals surface area (Å²) in [4.78, 5) is 0. The second-order valence-electron chi connectivity index (χ2n) is 2.93. The van der Waals surface area contributed by atoms with Gasteiger partial charge in [0.05, 0.1) is 0 Å². The van der Waals surface area contributed by atoms with Gasteiger partial charge in [0.15, 0.2) is 0 Å². The topological polar surface area (TPSA) is 12.0 Å². The first-order chi connectivity index (χ1) is 6.24. The van der Waals surface area contributed by atoms with Crippen LogP contribution in [0.15, 0.2) is 18.2 Å². The van der Waals surface area contributed by atoms with Gasteiger partial charge in [0.2, 0.25) is 0 Å². The number of halogens is 2. The second kappa shape index (κ2) is 5.36. The van der Waals surface area contributed by atoms with Gasteiger partial charge in [-0.2, -0.15) is 0 Å². The van der Waals surface area contributed by atoms with Gasteiger partial charge in [-0.05, 0) is 31.0 Å². The molecule has 1 aromatic rings. The lowest BCUT2D eigenvalue weighted by Gasteiger charge is -2.08. The zero-order chi connectivity index (χ0) is 9.68. The summed E-state index contributed by atoms with van der Waals surface area (Å²) >= 11 is 11.4. The fraction of sp³-hybridized carbons (Fsp3) is 0.400. The predicted molar refractivity (Wildman–Crippen MR) is 60.0 cm³/mol. The van der Waals surface area contributed by atoms with Crippen molar-refractivity contribution in [2.75, 3.05) is 17.7 Å². The first kappa shape index (κ1) is 10.7. The highest BCUT2D eigenvalue weighted by Gasteiger charge is 1.97. The fourth-order valence-corrected chi connectivity index (χ4v) is 1.38. The van der Waals surface area contributed by atoms with Crippen molar-refractivity contribution in [1.29, 1.82) is 0 Å². The molecule has 72 valence electrons. The molecule has 0 bridgehead atoms. The molecule has 0 fully saturated rings. The molecule has 0 atom stereocenters. The minimum Gasteiger partial charge on any atom is -0.385 e. The molecule has 3 heteroatoms. The van der Waals surface area contributed by atoms with Crippen LogP contribution in [0.1, 0.15) is 12.0 Å². The summed E-state index contributed by atoms with van der Waals surface area (Å²) in [6, 6.07) is 5.83. The number of anilines is 1. The summed E-state index contributed by atoms with van der Waals surface area (Å²) in [6.45, 7) is 2.95. The molecule has 0 heterocycles. The molecule has 1 nitrogen and oxygen atoms in total. The zero-order valence-electron chi connectivity index (χ0n) is 7.61. The van der Waals surface area contributed by atoms with Crippen LogP contribution in [-0.2, 0) is 0 Å². The molecule has 0 aliphatic carbocycles. The van der Waals surface area contributed by atoms with Crippen LogP contribution in [0.4, 0.5) is 5.69 Å². The van der Waals surface area contributed by atoms with Crippen LogP contribution >= 0.6 is 23.2 Å². The van der Waals surface area contributed by atoms with E-state index in [1.165, 1.54) is 5.56 Å². The number of alkyl halides is 1. The molecule has 0 aromatic heterocycles. The predicted octanol–water partition coefficient (Wildman–Crippen LogP) is 3.69. The van der Waals surface area contributed by atoms with E-state index in [1.54, 1.807) is 0 Å². The molecule has 0 aliphatic heterocycles. The quantitative estimate of drug-likeness (QED) is 0.600. The average molecular weight is 218 g/mol. The Morgan fingerprint density at radius 1 is 1.38 bits per heavy atom. The summed E-state index contributed by atoms with van der Waals surface area (Å²) in [7, 11) is 0. The van der Waals surface area contributed by atoms with Crippen LogP contribution in [0.5, 0.6) is 0 Å². The Balaban J connectivity index is 2.59. The van der Waals surface area contributed by atoms with Crippen molar-refractivity contribution in [1.82, 2.24) is 0 Å². The Labute approximate surface area is 89.0 Å². The smallest absolute Gasteiger partial charge is 0.0426 e. The number of hydrogen-bond acceptors (Lipinski definition) is 1. The van der Waals surface area contributed by atoms with Crippen molar-refractivity contribution < 1.29 is 0 Å². The zero-order valence-corrected chi connectivity index (χ0v) is 9.12. The van der Waals surface area contributed by atoms with Gasteiger partial charge in [-0.15, -0.1) is 11.6 Å². The third kappa shape index (κ3) is 3.45. The maximum absolute atomic E-state index is 5.86. The number of nitrogens with one attached hydrogen (secondary N) is 1. The summed E-state index contributed by atoms with van der Waals surface area (Å²) < 4.78 is 0. The molecular formula is C10H13Cl2N. The number of rotatable bonds is 4. The van der Waals surface area contributed by atoms with E-state index in [4.69, 9.17) is 23.2 Å². The molecule has 1 N–H and O–H groups in total. The van der Waals surface area contributed by atoms with E-state index in [0.717, 1.165) is 23.7 Å². The van der Waals surface area contributed by atoms with Crippen LogP contribution in [0, 0.1) is 6.92 Å². The lowest BCUT2D eigenvalue weighted by atomic mass is 10.2. The van der Waals surface area contributed by atoms with E-state index in [1.807, 2.05) is 18.2 Å². The van der Waals surface area contributed by atoms with Crippen molar-refractivity contribution in [3.05, 3.63) is 28.8 Å². The standard InChI is InChI=1S/C10H13Cl2N/c1-8-3-4-9(12)7-10(8)13-6-2-5-11/h3-4,7,13H,2,5-6H2,1H3. The van der Waals surface area contributed by atoms with Crippen molar-refractivity contribution in [2.24, 2.45) is 0 Å². The van der Waals surface area contributed by atoms with Gasteiger partial charge in [0.25, 0.3) is 0 Å². The lowest BCUT2D eigenvalue weighted by Crippen LogP contribution is -2.03. The van der Waals surface area contributed by atoms with Crippen LogP contribution in [0.2, 0.25) is 5.02 Å². The first-order valence-corrected chi connectivity index (χ1v) is 5.21. The molecule has 0 spiro atoms. The van der Waals surface area contributed by atoms with E-state index in [0.29, 0.717) is 5.88 Å². The van der Waals surface area contributed by atoms with Crippen molar-refractivity contribution in [3.63, 3.8) is 0 Å². The van der Waals surface area contributed by atoms with Crippen molar-refractivity contribution in [2.45, 2.75) is 13.3 Å². The molecule has 0 radical (unpaired) electrons. The van der Waals surface area contributed by atoms with Gasteiger partial charge in [0, 0.05) is 23.1 Å². The summed E-state index contributed by atoms with van der Waals surface area (Å²) in [5.41, 5.74) is 2.30. The first-order valence-electron chi connectivity index (χ1n) is 4.30. The number of hydrogen-bond donors (Lipinski definition) is 1. The van der Waals surface area contributed by atoms with E-state index in [9.17, 15) is 0 Å². The summed E-state index contributed by atoms with van der Waals surface area (Å²) in [6.07, 6.45) is 0.966. The molecule has 0 saturated heterocycles. The SMILES string of the molecule is Cc1ccc(Cl)cc1NCCCCl. The Kier molecular flexibility index (Phi) is 4.40. The van der Waals surface area contributed by atoms with Crippen LogP contribution in [-0.4, -0.2) is 12.4 Å². The minimum atomic E-state index is 0.687. The largest absolute Gasteiger partial charge is 0.385 e. The highest BCUT2D eigenvalue weighted by atomic mass is 35.5. The van der Waals surface area contributed by atoms with Crippen molar-refractivity contribution in [3.8, 4) is 0 Å². The molecule has 1 rings (SSSR count). The summed E-state index contributed by atoms with van der Waals surface area (Å²) in [5.74, 6) is 0.687. The molecule has 0 unspecified atom stereocenters. The molecule has 0 saturated carbocycles. The average Bonchev–Trinajstić information content (AvgIpc) is 2.11. The van der Waals surface area contributed by atoms with Crippen LogP contribution < -0.4 is 5.32 Å². The van der Waals surface area contributed by atoms with E-state index < -0.39 is 0 Å². The number of aryl methyl sites for hydroxylation is 1. The van der Waals surface area contributed by atoms with Gasteiger partial charge >= 0.3 is 0 Å². The molecular weight excluding hydrogens is 205 g/mol. The van der Waals surface area contributed by atoms with Crippen LogP contribution in [0.25, 0.3) is 0 Å². The van der Waals surface area contributed by atoms with E-state index >= 15 is 0 Å². The molecule has 1 aromatic carbocycles. The minimum absolute atomic E-state index is 0.687. The Bertz CT molecular complexity index is 274. The second-order valence-corrected chi connectivity index (χ2v) is 3.74. The van der Waals surface area contributed by atoms with E-state index in [-0.39, 0.29) is 0 Å². The lowest BCUT2D eigenvalue weighted by molar-refractivity contribution is 0.985. The fourth-order valence-electron chi connectivity index (χ4n) is 1.07. The normalized spacial score (nSPS) is 10.1.